The zero-order chi connectivity index (χ0) is 14.9. The third-order valence-electron chi connectivity index (χ3n) is 5.41. The number of aryl methyl sites for hydroxylation is 1. The summed E-state index contributed by atoms with van der Waals surface area (Å²) in [6.07, 6.45) is 9.17. The lowest BCUT2D eigenvalue weighted by atomic mass is 9.87. The van der Waals surface area contributed by atoms with Crippen molar-refractivity contribution in [1.29, 1.82) is 0 Å². The van der Waals surface area contributed by atoms with E-state index < -0.39 is 0 Å². The van der Waals surface area contributed by atoms with E-state index in [0.29, 0.717) is 0 Å². The minimum atomic E-state index is 0.172. The summed E-state index contributed by atoms with van der Waals surface area (Å²) in [5, 5.41) is 4.66. The van der Waals surface area contributed by atoms with Crippen molar-refractivity contribution in [3.8, 4) is 0 Å². The molecule has 0 radical (unpaired) electrons. The van der Waals surface area contributed by atoms with Crippen LogP contribution in [0.25, 0.3) is 10.9 Å². The molecule has 0 aliphatic heterocycles. The zero-order valence-electron chi connectivity index (χ0n) is 13.0. The van der Waals surface area contributed by atoms with Crippen LogP contribution in [0.15, 0.2) is 24.3 Å². The highest BCUT2D eigenvalue weighted by atomic mass is 16.1. The number of aromatic amines is 1. The first-order chi connectivity index (χ1) is 10.8. The molecule has 2 aromatic rings. The highest BCUT2D eigenvalue weighted by Crippen LogP contribution is 2.35. The number of carbonyl (C=O) groups is 1. The molecule has 1 aromatic heterocycles. The Morgan fingerprint density at radius 1 is 1.05 bits per heavy atom. The zero-order valence-corrected chi connectivity index (χ0v) is 13.0. The van der Waals surface area contributed by atoms with Crippen molar-refractivity contribution < 1.29 is 4.79 Å². The van der Waals surface area contributed by atoms with Crippen molar-refractivity contribution in [2.24, 2.45) is 5.92 Å². The largest absolute Gasteiger partial charge is 0.356 e. The van der Waals surface area contributed by atoms with Gasteiger partial charge in [0, 0.05) is 22.5 Å². The number of H-pyrrole nitrogens is 1. The van der Waals surface area contributed by atoms with Crippen LogP contribution in [0.1, 0.15) is 62.2 Å². The van der Waals surface area contributed by atoms with E-state index in [0.717, 1.165) is 32.1 Å². The Morgan fingerprint density at radius 3 is 2.73 bits per heavy atom. The third kappa shape index (κ3) is 2.43. The fourth-order valence-corrected chi connectivity index (χ4v) is 4.21. The van der Waals surface area contributed by atoms with Crippen LogP contribution in [-0.2, 0) is 11.2 Å². The van der Waals surface area contributed by atoms with Crippen molar-refractivity contribution in [2.75, 3.05) is 0 Å². The molecule has 4 rings (SSSR count). The fraction of sp³-hybridized carbons (Fsp3) is 0.526. The summed E-state index contributed by atoms with van der Waals surface area (Å²) in [4.78, 5) is 16.1. The molecule has 0 bridgehead atoms. The van der Waals surface area contributed by atoms with Crippen LogP contribution in [0.3, 0.4) is 0 Å². The Balaban J connectivity index is 1.58. The summed E-state index contributed by atoms with van der Waals surface area (Å²) < 4.78 is 0. The summed E-state index contributed by atoms with van der Waals surface area (Å²) in [5.41, 5.74) is 3.86. The number of aromatic nitrogens is 1. The van der Waals surface area contributed by atoms with Gasteiger partial charge >= 0.3 is 0 Å². The molecule has 2 N–H and O–H groups in total. The molecular weight excluding hydrogens is 272 g/mol. The van der Waals surface area contributed by atoms with Crippen molar-refractivity contribution in [3.63, 3.8) is 0 Å². The number of carbonyl (C=O) groups excluding carboxylic acids is 1. The summed E-state index contributed by atoms with van der Waals surface area (Å²) in [6, 6.07) is 8.66. The standard InChI is InChI=1S/C19H24N2O/c22-19(13-7-2-1-3-8-13)21-17-12-6-10-15-14-9-4-5-11-16(14)20-18(15)17/h4-5,9,11,13,17,20H,1-3,6-8,10,12H2,(H,21,22). The number of amides is 1. The molecule has 116 valence electrons. The Morgan fingerprint density at radius 2 is 1.86 bits per heavy atom. The predicted octanol–water partition coefficient (Wildman–Crippen LogP) is 4.24. The normalized spacial score (nSPS) is 22.5. The highest BCUT2D eigenvalue weighted by molar-refractivity contribution is 5.85. The quantitative estimate of drug-likeness (QED) is 0.855. The Bertz CT molecular complexity index is 682. The van der Waals surface area contributed by atoms with E-state index in [9.17, 15) is 4.79 Å². The number of hydrogen-bond donors (Lipinski definition) is 2. The summed E-state index contributed by atoms with van der Waals surface area (Å²) >= 11 is 0. The second-order valence-electron chi connectivity index (χ2n) is 6.85. The molecule has 1 heterocycles. The smallest absolute Gasteiger partial charge is 0.223 e. The summed E-state index contributed by atoms with van der Waals surface area (Å²) in [6.45, 7) is 0. The van der Waals surface area contributed by atoms with Gasteiger partial charge < -0.3 is 10.3 Å². The number of rotatable bonds is 2. The maximum Gasteiger partial charge on any atom is 0.223 e. The fourth-order valence-electron chi connectivity index (χ4n) is 4.21. The van der Waals surface area contributed by atoms with E-state index in [-0.39, 0.29) is 17.9 Å². The molecule has 3 nitrogen and oxygen atoms in total. The van der Waals surface area contributed by atoms with E-state index in [4.69, 9.17) is 0 Å². The third-order valence-corrected chi connectivity index (χ3v) is 5.41. The Kier molecular flexibility index (Phi) is 3.65. The van der Waals surface area contributed by atoms with Gasteiger partial charge in [-0.15, -0.1) is 0 Å². The van der Waals surface area contributed by atoms with Crippen LogP contribution in [0.5, 0.6) is 0 Å². The lowest BCUT2D eigenvalue weighted by molar-refractivity contribution is -0.126. The first-order valence-electron chi connectivity index (χ1n) is 8.73. The van der Waals surface area contributed by atoms with Crippen LogP contribution in [-0.4, -0.2) is 10.9 Å². The van der Waals surface area contributed by atoms with Gasteiger partial charge in [-0.25, -0.2) is 0 Å². The highest BCUT2D eigenvalue weighted by Gasteiger charge is 2.28. The van der Waals surface area contributed by atoms with Gasteiger partial charge in [-0.2, -0.15) is 0 Å². The molecule has 22 heavy (non-hydrogen) atoms. The summed E-state index contributed by atoms with van der Waals surface area (Å²) in [7, 11) is 0. The minimum Gasteiger partial charge on any atom is -0.356 e. The molecule has 1 fully saturated rings. The maximum atomic E-state index is 12.6. The van der Waals surface area contributed by atoms with Crippen molar-refractivity contribution in [1.82, 2.24) is 10.3 Å². The molecule has 1 unspecified atom stereocenters. The first-order valence-corrected chi connectivity index (χ1v) is 8.73. The number of benzene rings is 1. The van der Waals surface area contributed by atoms with Gasteiger partial charge in [0.1, 0.15) is 0 Å². The van der Waals surface area contributed by atoms with Crippen molar-refractivity contribution in [3.05, 3.63) is 35.5 Å². The first kappa shape index (κ1) is 13.9. The minimum absolute atomic E-state index is 0.172. The molecule has 0 spiro atoms. The molecule has 1 saturated carbocycles. The number of nitrogens with one attached hydrogen (secondary N) is 2. The van der Waals surface area contributed by atoms with E-state index in [2.05, 4.69) is 34.6 Å². The van der Waals surface area contributed by atoms with Gasteiger partial charge in [0.05, 0.1) is 6.04 Å². The van der Waals surface area contributed by atoms with Crippen LogP contribution in [0, 0.1) is 5.92 Å². The average molecular weight is 296 g/mol. The Labute approximate surface area is 131 Å². The molecule has 1 aromatic carbocycles. The SMILES string of the molecule is O=C(NC1CCCc2c1[nH]c1ccccc21)C1CCCCC1. The number of para-hydroxylation sites is 1. The molecule has 1 atom stereocenters. The number of fused-ring (bicyclic) bond motifs is 3. The molecule has 2 aliphatic carbocycles. The van der Waals surface area contributed by atoms with Crippen LogP contribution in [0.2, 0.25) is 0 Å². The molecule has 0 saturated heterocycles. The second kappa shape index (κ2) is 5.79. The summed E-state index contributed by atoms with van der Waals surface area (Å²) in [5.74, 6) is 0.514. The second-order valence-corrected chi connectivity index (χ2v) is 6.85. The van der Waals surface area contributed by atoms with Gasteiger partial charge in [0.25, 0.3) is 0 Å². The van der Waals surface area contributed by atoms with Gasteiger partial charge in [0.15, 0.2) is 0 Å². The van der Waals surface area contributed by atoms with Crippen LogP contribution in [0.4, 0.5) is 0 Å². The van der Waals surface area contributed by atoms with Gasteiger partial charge in [-0.05, 0) is 43.7 Å². The van der Waals surface area contributed by atoms with Crippen molar-refractivity contribution >= 4 is 16.8 Å². The van der Waals surface area contributed by atoms with Gasteiger partial charge in [-0.1, -0.05) is 37.5 Å². The van der Waals surface area contributed by atoms with Crippen LogP contribution < -0.4 is 5.32 Å². The molecule has 1 amide bonds. The van der Waals surface area contributed by atoms with Gasteiger partial charge in [-0.3, -0.25) is 4.79 Å². The van der Waals surface area contributed by atoms with E-state index >= 15 is 0 Å². The maximum absolute atomic E-state index is 12.6. The lowest BCUT2D eigenvalue weighted by Gasteiger charge is -2.27. The van der Waals surface area contributed by atoms with Crippen LogP contribution >= 0.6 is 0 Å². The molecule has 3 heteroatoms. The lowest BCUT2D eigenvalue weighted by Crippen LogP contribution is -2.36. The van der Waals surface area contributed by atoms with Gasteiger partial charge in [0.2, 0.25) is 5.91 Å². The van der Waals surface area contributed by atoms with E-state index in [1.165, 1.54) is 41.4 Å². The Hall–Kier alpha value is -1.77. The van der Waals surface area contributed by atoms with E-state index in [1.54, 1.807) is 0 Å². The topological polar surface area (TPSA) is 44.9 Å². The predicted molar refractivity (Wildman–Crippen MR) is 88.7 cm³/mol. The van der Waals surface area contributed by atoms with E-state index in [1.807, 2.05) is 0 Å². The average Bonchev–Trinajstić information content (AvgIpc) is 2.95. The molecular formula is C19H24N2O. The van der Waals surface area contributed by atoms with Crippen molar-refractivity contribution in [2.45, 2.75) is 57.4 Å². The number of hydrogen-bond acceptors (Lipinski definition) is 1. The monoisotopic (exact) mass is 296 g/mol. The molecule has 2 aliphatic rings.